The fourth-order valence-electron chi connectivity index (χ4n) is 9.58. The Balaban J connectivity index is 1.68. The first kappa shape index (κ1) is 26.9. The van der Waals surface area contributed by atoms with Crippen LogP contribution in [0.2, 0.25) is 0 Å². The zero-order chi connectivity index (χ0) is 26.0. The van der Waals surface area contributed by atoms with Gasteiger partial charge in [-0.2, -0.15) is 0 Å². The average Bonchev–Trinajstić information content (AvgIpc) is 3.08. The molecule has 0 spiro atoms. The molecule has 0 aromatic heterocycles. The van der Waals surface area contributed by atoms with Crippen molar-refractivity contribution in [2.45, 2.75) is 118 Å². The number of allylic oxidation sites excluding steroid dienone is 2. The van der Waals surface area contributed by atoms with Crippen molar-refractivity contribution in [2.75, 3.05) is 7.11 Å². The SMILES string of the molecule is C=C(C)[C@@H](O)CC[C@H](C(=O)OC)[C@@H]1CC[C@]2(C)C3=C(CC[C@@]12C)[C@@]1(C)CC[C@@H](O)C(C)(C)[C@@H]1CC3. The van der Waals surface area contributed by atoms with Crippen molar-refractivity contribution in [3.05, 3.63) is 23.3 Å². The summed E-state index contributed by atoms with van der Waals surface area (Å²) in [6, 6.07) is 0. The third kappa shape index (κ3) is 3.88. The summed E-state index contributed by atoms with van der Waals surface area (Å²) in [6.07, 6.45) is 9.06. The Labute approximate surface area is 213 Å². The van der Waals surface area contributed by atoms with E-state index in [0.717, 1.165) is 56.9 Å². The molecule has 0 aromatic rings. The highest BCUT2D eigenvalue weighted by molar-refractivity contribution is 5.73. The van der Waals surface area contributed by atoms with Crippen LogP contribution in [0, 0.1) is 39.4 Å². The molecule has 0 aromatic carbocycles. The van der Waals surface area contributed by atoms with E-state index in [2.05, 4.69) is 41.2 Å². The van der Waals surface area contributed by atoms with Gasteiger partial charge in [-0.1, -0.05) is 57.9 Å². The van der Waals surface area contributed by atoms with Gasteiger partial charge in [0.1, 0.15) is 0 Å². The third-order valence-corrected chi connectivity index (χ3v) is 12.1. The van der Waals surface area contributed by atoms with E-state index in [-0.39, 0.29) is 45.6 Å². The number of rotatable bonds is 6. The average molecular weight is 487 g/mol. The van der Waals surface area contributed by atoms with Crippen LogP contribution >= 0.6 is 0 Å². The Morgan fingerprint density at radius 1 is 1.03 bits per heavy atom. The minimum atomic E-state index is -0.566. The van der Waals surface area contributed by atoms with Crippen molar-refractivity contribution >= 4 is 5.97 Å². The molecule has 35 heavy (non-hydrogen) atoms. The van der Waals surface area contributed by atoms with Crippen molar-refractivity contribution in [1.82, 2.24) is 0 Å². The van der Waals surface area contributed by atoms with Crippen molar-refractivity contribution in [3.8, 4) is 0 Å². The van der Waals surface area contributed by atoms with Gasteiger partial charge in [0, 0.05) is 0 Å². The molecule has 8 atom stereocenters. The highest BCUT2D eigenvalue weighted by atomic mass is 16.5. The number of carbonyl (C=O) groups excluding carboxylic acids is 1. The molecule has 4 rings (SSSR count). The van der Waals surface area contributed by atoms with Gasteiger partial charge in [-0.25, -0.2) is 0 Å². The second-order valence-corrected chi connectivity index (χ2v) is 13.8. The maximum atomic E-state index is 13.1. The molecule has 0 radical (unpaired) electrons. The molecule has 0 bridgehead atoms. The van der Waals surface area contributed by atoms with Gasteiger partial charge >= 0.3 is 5.97 Å². The van der Waals surface area contributed by atoms with Gasteiger partial charge in [0.2, 0.25) is 0 Å². The number of hydrogen-bond donors (Lipinski definition) is 2. The summed E-state index contributed by atoms with van der Waals surface area (Å²) < 4.78 is 5.32. The van der Waals surface area contributed by atoms with E-state index in [1.807, 2.05) is 6.92 Å². The third-order valence-electron chi connectivity index (χ3n) is 12.1. The van der Waals surface area contributed by atoms with Crippen LogP contribution in [0.3, 0.4) is 0 Å². The van der Waals surface area contributed by atoms with E-state index >= 15 is 0 Å². The second kappa shape index (κ2) is 9.01. The molecule has 2 saturated carbocycles. The van der Waals surface area contributed by atoms with Gasteiger partial charge in [0.25, 0.3) is 0 Å². The lowest BCUT2D eigenvalue weighted by Crippen LogP contribution is -2.55. The fourth-order valence-corrected chi connectivity index (χ4v) is 9.58. The minimum Gasteiger partial charge on any atom is -0.469 e. The van der Waals surface area contributed by atoms with E-state index < -0.39 is 6.10 Å². The molecule has 4 aliphatic rings. The number of esters is 1. The molecule has 4 nitrogen and oxygen atoms in total. The topological polar surface area (TPSA) is 66.8 Å². The lowest BCUT2D eigenvalue weighted by molar-refractivity contribution is -0.150. The van der Waals surface area contributed by atoms with E-state index in [0.29, 0.717) is 18.8 Å². The molecule has 2 N–H and O–H groups in total. The van der Waals surface area contributed by atoms with E-state index in [1.54, 1.807) is 11.1 Å². The summed E-state index contributed by atoms with van der Waals surface area (Å²) >= 11 is 0. The predicted octanol–water partition coefficient (Wildman–Crippen LogP) is 6.60. The first-order valence-electron chi connectivity index (χ1n) is 14.1. The molecule has 0 saturated heterocycles. The van der Waals surface area contributed by atoms with Crippen LogP contribution in [0.15, 0.2) is 23.3 Å². The molecule has 0 heterocycles. The number of methoxy groups -OCH3 is 1. The first-order valence-corrected chi connectivity index (χ1v) is 14.1. The number of aliphatic hydroxyl groups is 2. The van der Waals surface area contributed by atoms with Crippen molar-refractivity contribution < 1.29 is 19.7 Å². The number of carbonyl (C=O) groups is 1. The summed E-state index contributed by atoms with van der Waals surface area (Å²) in [5.41, 5.74) is 4.41. The molecule has 198 valence electrons. The summed E-state index contributed by atoms with van der Waals surface area (Å²) in [7, 11) is 1.50. The zero-order valence-corrected chi connectivity index (χ0v) is 23.4. The molecule has 0 unspecified atom stereocenters. The molecular weight excluding hydrogens is 436 g/mol. The lowest BCUT2D eigenvalue weighted by atomic mass is 9.43. The Kier molecular flexibility index (Phi) is 6.93. The standard InChI is InChI=1S/C31H50O4/c1-19(2)24(32)11-9-20(27(34)35-8)21-13-17-31(7)23-10-12-25-28(3,4)26(33)15-16-29(25,5)22(23)14-18-30(21,31)6/h20-21,24-26,32-33H,1,9-18H2,2-8H3/t20-,21-,24-,25-,26+,29+,30-,31+/m0/s1. The largest absolute Gasteiger partial charge is 0.469 e. The van der Waals surface area contributed by atoms with E-state index in [4.69, 9.17) is 4.74 Å². The first-order chi connectivity index (χ1) is 16.2. The van der Waals surface area contributed by atoms with Crippen LogP contribution < -0.4 is 0 Å². The van der Waals surface area contributed by atoms with Gasteiger partial charge in [-0.3, -0.25) is 4.79 Å². The summed E-state index contributed by atoms with van der Waals surface area (Å²) in [4.78, 5) is 13.1. The molecular formula is C31H50O4. The Morgan fingerprint density at radius 2 is 1.71 bits per heavy atom. The molecule has 0 aliphatic heterocycles. The monoisotopic (exact) mass is 486 g/mol. The quantitative estimate of drug-likeness (QED) is 0.328. The number of fused-ring (bicyclic) bond motifs is 4. The highest BCUT2D eigenvalue weighted by Crippen LogP contribution is 2.72. The second-order valence-electron chi connectivity index (χ2n) is 13.8. The fraction of sp³-hybridized carbons (Fsp3) is 0.839. The number of ether oxygens (including phenoxy) is 1. The van der Waals surface area contributed by atoms with Crippen LogP contribution in [-0.4, -0.2) is 35.5 Å². The van der Waals surface area contributed by atoms with Crippen LogP contribution in [-0.2, 0) is 9.53 Å². The molecule has 4 aliphatic carbocycles. The normalized spacial score (nSPS) is 41.9. The summed E-state index contributed by atoms with van der Waals surface area (Å²) in [5, 5.41) is 21.2. The zero-order valence-electron chi connectivity index (χ0n) is 23.4. The van der Waals surface area contributed by atoms with Crippen molar-refractivity contribution in [3.63, 3.8) is 0 Å². The van der Waals surface area contributed by atoms with Crippen LogP contribution in [0.4, 0.5) is 0 Å². The Bertz CT molecular complexity index is 902. The van der Waals surface area contributed by atoms with Gasteiger partial charge in [0.15, 0.2) is 0 Å². The van der Waals surface area contributed by atoms with Crippen molar-refractivity contribution in [1.29, 1.82) is 0 Å². The van der Waals surface area contributed by atoms with Crippen molar-refractivity contribution in [2.24, 2.45) is 39.4 Å². The molecule has 4 heteroatoms. The lowest BCUT2D eigenvalue weighted by Gasteiger charge is -2.62. The van der Waals surface area contributed by atoms with Gasteiger partial charge in [-0.05, 0) is 105 Å². The predicted molar refractivity (Wildman–Crippen MR) is 141 cm³/mol. The van der Waals surface area contributed by atoms with E-state index in [9.17, 15) is 15.0 Å². The summed E-state index contributed by atoms with van der Waals surface area (Å²) in [5.74, 6) is 0.488. The molecule has 2 fully saturated rings. The number of aliphatic hydroxyl groups excluding tert-OH is 2. The maximum absolute atomic E-state index is 13.1. The Hall–Kier alpha value is -1.13. The molecule has 0 amide bonds. The van der Waals surface area contributed by atoms with Gasteiger partial charge in [-0.15, -0.1) is 0 Å². The maximum Gasteiger partial charge on any atom is 0.308 e. The van der Waals surface area contributed by atoms with Crippen LogP contribution in [0.5, 0.6) is 0 Å². The highest BCUT2D eigenvalue weighted by Gasteiger charge is 2.64. The summed E-state index contributed by atoms with van der Waals surface area (Å²) in [6.45, 7) is 17.7. The Morgan fingerprint density at radius 3 is 2.34 bits per heavy atom. The minimum absolute atomic E-state index is 0.0474. The smallest absolute Gasteiger partial charge is 0.308 e. The van der Waals surface area contributed by atoms with Crippen LogP contribution in [0.25, 0.3) is 0 Å². The van der Waals surface area contributed by atoms with E-state index in [1.165, 1.54) is 7.11 Å². The van der Waals surface area contributed by atoms with Gasteiger partial charge < -0.3 is 14.9 Å². The van der Waals surface area contributed by atoms with Gasteiger partial charge in [0.05, 0.1) is 25.2 Å². The number of hydrogen-bond acceptors (Lipinski definition) is 4. The van der Waals surface area contributed by atoms with Crippen LogP contribution in [0.1, 0.15) is 106 Å².